The van der Waals surface area contributed by atoms with Crippen LogP contribution in [0, 0.1) is 0 Å². The Labute approximate surface area is 122 Å². The van der Waals surface area contributed by atoms with Crippen LogP contribution in [0.4, 0.5) is 5.13 Å². The zero-order chi connectivity index (χ0) is 14.3. The lowest BCUT2D eigenvalue weighted by Crippen LogP contribution is -2.42. The van der Waals surface area contributed by atoms with Crippen LogP contribution in [0.15, 0.2) is 0 Å². The first-order valence-electron chi connectivity index (χ1n) is 6.71. The molecule has 6 nitrogen and oxygen atoms in total. The maximum absolute atomic E-state index is 12.2. The van der Waals surface area contributed by atoms with E-state index >= 15 is 0 Å². The molecular weight excluding hydrogens is 298 g/mol. The van der Waals surface area contributed by atoms with Crippen LogP contribution in [0.3, 0.4) is 0 Å². The van der Waals surface area contributed by atoms with Crippen LogP contribution in [0.2, 0.25) is 0 Å². The van der Waals surface area contributed by atoms with Gasteiger partial charge in [0.1, 0.15) is 6.04 Å². The molecular formula is C12H17N3O3S2. The van der Waals surface area contributed by atoms with Crippen molar-refractivity contribution in [1.82, 2.24) is 9.29 Å². The van der Waals surface area contributed by atoms with Gasteiger partial charge in [0, 0.05) is 11.4 Å². The number of nitrogens with one attached hydrogen (secondary N) is 1. The molecule has 2 aliphatic rings. The van der Waals surface area contributed by atoms with E-state index in [0.717, 1.165) is 37.6 Å². The average Bonchev–Trinajstić information content (AvgIpc) is 3.00. The minimum Gasteiger partial charge on any atom is -0.301 e. The number of rotatable bonds is 3. The highest BCUT2D eigenvalue weighted by Gasteiger charge is 2.36. The van der Waals surface area contributed by atoms with Crippen molar-refractivity contribution >= 4 is 32.4 Å². The van der Waals surface area contributed by atoms with Crippen LogP contribution in [-0.4, -0.2) is 42.5 Å². The summed E-state index contributed by atoms with van der Waals surface area (Å²) < 4.78 is 24.6. The van der Waals surface area contributed by atoms with E-state index in [1.807, 2.05) is 0 Å². The Morgan fingerprint density at radius 1 is 1.40 bits per heavy atom. The van der Waals surface area contributed by atoms with Gasteiger partial charge in [0.2, 0.25) is 15.9 Å². The summed E-state index contributed by atoms with van der Waals surface area (Å²) in [4.78, 5) is 17.9. The Balaban J connectivity index is 1.72. The molecule has 1 aliphatic carbocycles. The van der Waals surface area contributed by atoms with E-state index in [2.05, 4.69) is 10.3 Å². The monoisotopic (exact) mass is 315 g/mol. The van der Waals surface area contributed by atoms with Gasteiger partial charge in [-0.05, 0) is 32.1 Å². The number of hydrogen-bond donors (Lipinski definition) is 1. The fourth-order valence-electron chi connectivity index (χ4n) is 2.83. The highest BCUT2D eigenvalue weighted by atomic mass is 32.2. The van der Waals surface area contributed by atoms with Gasteiger partial charge in [-0.1, -0.05) is 0 Å². The fraction of sp³-hybridized carbons (Fsp3) is 0.667. The summed E-state index contributed by atoms with van der Waals surface area (Å²) in [6.45, 7) is 0.422. The van der Waals surface area contributed by atoms with E-state index in [1.54, 1.807) is 0 Å². The van der Waals surface area contributed by atoms with Gasteiger partial charge < -0.3 is 5.32 Å². The third kappa shape index (κ3) is 2.59. The van der Waals surface area contributed by atoms with Gasteiger partial charge >= 0.3 is 0 Å². The molecule has 0 bridgehead atoms. The van der Waals surface area contributed by atoms with E-state index in [0.29, 0.717) is 18.1 Å². The van der Waals surface area contributed by atoms with Gasteiger partial charge in [0.15, 0.2) is 5.13 Å². The van der Waals surface area contributed by atoms with E-state index in [1.165, 1.54) is 20.5 Å². The first-order valence-corrected chi connectivity index (χ1v) is 9.38. The van der Waals surface area contributed by atoms with Gasteiger partial charge in [0.25, 0.3) is 0 Å². The topological polar surface area (TPSA) is 79.4 Å². The van der Waals surface area contributed by atoms with Crippen molar-refractivity contribution in [2.75, 3.05) is 18.1 Å². The summed E-state index contributed by atoms with van der Waals surface area (Å²) in [6.07, 6.45) is 5.58. The second-order valence-corrected chi connectivity index (χ2v) is 8.28. The summed E-state index contributed by atoms with van der Waals surface area (Å²) >= 11 is 1.51. The van der Waals surface area contributed by atoms with Crippen LogP contribution in [0.1, 0.15) is 29.8 Å². The maximum Gasteiger partial charge on any atom is 0.244 e. The second-order valence-electron chi connectivity index (χ2n) is 5.26. The van der Waals surface area contributed by atoms with Crippen LogP contribution in [0.25, 0.3) is 0 Å². The number of anilines is 1. The van der Waals surface area contributed by atoms with E-state index in [4.69, 9.17) is 0 Å². The number of thiazole rings is 1. The molecule has 1 atom stereocenters. The number of fused-ring (bicyclic) bond motifs is 1. The molecule has 0 radical (unpaired) electrons. The molecule has 1 aromatic rings. The van der Waals surface area contributed by atoms with Crippen molar-refractivity contribution < 1.29 is 13.2 Å². The second kappa shape index (κ2) is 5.09. The first kappa shape index (κ1) is 14.0. The largest absolute Gasteiger partial charge is 0.301 e. The third-order valence-electron chi connectivity index (χ3n) is 3.76. The molecule has 1 aromatic heterocycles. The minimum absolute atomic E-state index is 0.264. The number of aryl methyl sites for hydroxylation is 2. The van der Waals surface area contributed by atoms with Crippen molar-refractivity contribution in [2.45, 2.75) is 38.1 Å². The zero-order valence-electron chi connectivity index (χ0n) is 11.3. The molecule has 1 amide bonds. The minimum atomic E-state index is -3.33. The fourth-order valence-corrected chi connectivity index (χ4v) is 5.01. The Morgan fingerprint density at radius 3 is 2.90 bits per heavy atom. The molecule has 1 fully saturated rings. The lowest BCUT2D eigenvalue weighted by molar-refractivity contribution is -0.119. The summed E-state index contributed by atoms with van der Waals surface area (Å²) in [6, 6.07) is -0.594. The van der Waals surface area contributed by atoms with E-state index < -0.39 is 16.1 Å². The number of hydrogen-bond acceptors (Lipinski definition) is 5. The summed E-state index contributed by atoms with van der Waals surface area (Å²) in [7, 11) is -3.33. The van der Waals surface area contributed by atoms with Gasteiger partial charge in [-0.3, -0.25) is 4.79 Å². The molecule has 0 unspecified atom stereocenters. The van der Waals surface area contributed by atoms with Crippen molar-refractivity contribution in [3.8, 4) is 0 Å². The Bertz CT molecular complexity index is 617. The molecule has 1 N–H and O–H groups in total. The molecule has 1 aliphatic heterocycles. The number of carbonyl (C=O) groups is 1. The number of nitrogens with zero attached hydrogens (tertiary/aromatic N) is 2. The molecule has 2 heterocycles. The van der Waals surface area contributed by atoms with Gasteiger partial charge in [-0.25, -0.2) is 13.4 Å². The molecule has 1 saturated heterocycles. The SMILES string of the molecule is CS(=O)(=O)N1CCC[C@@H]1C(=O)Nc1nc2c(s1)CCC2. The van der Waals surface area contributed by atoms with Crippen molar-refractivity contribution in [3.63, 3.8) is 0 Å². The normalized spacial score (nSPS) is 22.9. The summed E-state index contributed by atoms with van der Waals surface area (Å²) in [5.41, 5.74) is 1.08. The predicted molar refractivity (Wildman–Crippen MR) is 77.3 cm³/mol. The predicted octanol–water partition coefficient (Wildman–Crippen LogP) is 0.994. The lowest BCUT2D eigenvalue weighted by atomic mass is 10.2. The van der Waals surface area contributed by atoms with E-state index in [9.17, 15) is 13.2 Å². The number of aromatic nitrogens is 1. The van der Waals surface area contributed by atoms with Crippen LogP contribution < -0.4 is 5.32 Å². The summed E-state index contributed by atoms with van der Waals surface area (Å²) in [5, 5.41) is 3.38. The number of sulfonamides is 1. The van der Waals surface area contributed by atoms with Gasteiger partial charge in [-0.15, -0.1) is 11.3 Å². The number of amides is 1. The molecule has 8 heteroatoms. The van der Waals surface area contributed by atoms with Crippen LogP contribution >= 0.6 is 11.3 Å². The summed E-state index contributed by atoms with van der Waals surface area (Å²) in [5.74, 6) is -0.264. The molecule has 0 saturated carbocycles. The smallest absolute Gasteiger partial charge is 0.244 e. The van der Waals surface area contributed by atoms with E-state index in [-0.39, 0.29) is 5.91 Å². The van der Waals surface area contributed by atoms with Gasteiger partial charge in [-0.2, -0.15) is 4.31 Å². The lowest BCUT2D eigenvalue weighted by Gasteiger charge is -2.20. The third-order valence-corrected chi connectivity index (χ3v) is 6.12. The van der Waals surface area contributed by atoms with Crippen molar-refractivity contribution in [1.29, 1.82) is 0 Å². The molecule has 20 heavy (non-hydrogen) atoms. The highest BCUT2D eigenvalue weighted by molar-refractivity contribution is 7.88. The number of carbonyl (C=O) groups excluding carboxylic acids is 1. The average molecular weight is 315 g/mol. The zero-order valence-corrected chi connectivity index (χ0v) is 12.9. The molecule has 0 aromatic carbocycles. The standard InChI is InChI=1S/C12H17N3O3S2/c1-20(17,18)15-7-3-5-9(15)11(16)14-12-13-8-4-2-6-10(8)19-12/h9H,2-7H2,1H3,(H,13,14,16)/t9-/m1/s1. The molecule has 0 spiro atoms. The van der Waals surface area contributed by atoms with Crippen molar-refractivity contribution in [2.24, 2.45) is 0 Å². The first-order chi connectivity index (χ1) is 9.45. The van der Waals surface area contributed by atoms with Crippen molar-refractivity contribution in [3.05, 3.63) is 10.6 Å². The van der Waals surface area contributed by atoms with Crippen LogP contribution in [-0.2, 0) is 27.7 Å². The molecule has 110 valence electrons. The molecule has 3 rings (SSSR count). The maximum atomic E-state index is 12.2. The highest BCUT2D eigenvalue weighted by Crippen LogP contribution is 2.31. The van der Waals surface area contributed by atoms with Crippen LogP contribution in [0.5, 0.6) is 0 Å². The Kier molecular flexibility index (Phi) is 3.55. The quantitative estimate of drug-likeness (QED) is 0.902. The Morgan fingerprint density at radius 2 is 2.20 bits per heavy atom. The Hall–Kier alpha value is -0.990. The van der Waals surface area contributed by atoms with Gasteiger partial charge in [0.05, 0.1) is 11.9 Å².